The number of carbonyl (C=O) groups excluding carboxylic acids is 2. The number of methoxy groups -OCH3 is 2. The largest absolute Gasteiger partial charge is 0.496 e. The van der Waals surface area contributed by atoms with Crippen molar-refractivity contribution in [3.8, 4) is 5.75 Å². The highest BCUT2D eigenvalue weighted by Gasteiger charge is 2.30. The Balaban J connectivity index is 2.07. The number of amides is 1. The monoisotopic (exact) mass is 395 g/mol. The predicted octanol–water partition coefficient (Wildman–Crippen LogP) is 3.16. The highest BCUT2D eigenvalue weighted by Crippen LogP contribution is 2.29. The normalized spacial score (nSPS) is 12.2. The standard InChI is InChI=1S/C20H20F3NO4/c1-27-17-6-4-3-5-14(17)12-16(19(26)28-2)24-18(25)11-13-7-9-15(10-8-13)20(21,22)23/h3-10,16H,11-12H2,1-2H3,(H,24,25)/t16-/m1/s1. The van der Waals surface area contributed by atoms with Crippen LogP contribution in [0.1, 0.15) is 16.7 Å². The van der Waals surface area contributed by atoms with E-state index in [2.05, 4.69) is 5.32 Å². The summed E-state index contributed by atoms with van der Waals surface area (Å²) in [6.07, 6.45) is -4.46. The molecule has 5 nitrogen and oxygen atoms in total. The summed E-state index contributed by atoms with van der Waals surface area (Å²) < 4.78 is 47.8. The van der Waals surface area contributed by atoms with E-state index >= 15 is 0 Å². The van der Waals surface area contributed by atoms with E-state index < -0.39 is 29.7 Å². The molecule has 0 fully saturated rings. The Labute approximate surface area is 160 Å². The van der Waals surface area contributed by atoms with Crippen LogP contribution in [0.3, 0.4) is 0 Å². The van der Waals surface area contributed by atoms with E-state index in [0.29, 0.717) is 16.9 Å². The number of benzene rings is 2. The Morgan fingerprint density at radius 2 is 1.68 bits per heavy atom. The number of nitrogens with one attached hydrogen (secondary N) is 1. The molecular formula is C20H20F3NO4. The molecule has 0 aliphatic rings. The molecule has 0 unspecified atom stereocenters. The molecule has 0 aliphatic heterocycles. The van der Waals surface area contributed by atoms with E-state index in [0.717, 1.165) is 12.1 Å². The maximum absolute atomic E-state index is 12.6. The Hall–Kier alpha value is -3.03. The van der Waals surface area contributed by atoms with Crippen LogP contribution >= 0.6 is 0 Å². The number of ether oxygens (including phenoxy) is 2. The molecule has 0 bridgehead atoms. The molecule has 2 aromatic rings. The molecule has 0 heterocycles. The fourth-order valence-corrected chi connectivity index (χ4v) is 2.67. The van der Waals surface area contributed by atoms with Crippen molar-refractivity contribution in [1.82, 2.24) is 5.32 Å². The predicted molar refractivity (Wildman–Crippen MR) is 95.8 cm³/mol. The first kappa shape index (κ1) is 21.3. The maximum Gasteiger partial charge on any atom is 0.416 e. The molecule has 150 valence electrons. The zero-order chi connectivity index (χ0) is 20.7. The fourth-order valence-electron chi connectivity index (χ4n) is 2.67. The van der Waals surface area contributed by atoms with Crippen molar-refractivity contribution in [2.45, 2.75) is 25.1 Å². The van der Waals surface area contributed by atoms with Gasteiger partial charge in [-0.3, -0.25) is 4.79 Å². The van der Waals surface area contributed by atoms with Crippen molar-refractivity contribution in [3.63, 3.8) is 0 Å². The summed E-state index contributed by atoms with van der Waals surface area (Å²) >= 11 is 0. The minimum absolute atomic E-state index is 0.148. The van der Waals surface area contributed by atoms with Crippen LogP contribution in [0.4, 0.5) is 13.2 Å². The molecular weight excluding hydrogens is 375 g/mol. The van der Waals surface area contributed by atoms with Crippen LogP contribution in [0.25, 0.3) is 0 Å². The molecule has 1 atom stereocenters. The van der Waals surface area contributed by atoms with Gasteiger partial charge in [-0.1, -0.05) is 30.3 Å². The minimum Gasteiger partial charge on any atom is -0.496 e. The second-order valence-electron chi connectivity index (χ2n) is 6.03. The second kappa shape index (κ2) is 9.25. The first-order valence-corrected chi connectivity index (χ1v) is 8.39. The number of esters is 1. The van der Waals surface area contributed by atoms with Crippen LogP contribution in [0, 0.1) is 0 Å². The van der Waals surface area contributed by atoms with Crippen molar-refractivity contribution >= 4 is 11.9 Å². The van der Waals surface area contributed by atoms with Gasteiger partial charge < -0.3 is 14.8 Å². The van der Waals surface area contributed by atoms with Crippen LogP contribution in [-0.2, 0) is 33.3 Å². The van der Waals surface area contributed by atoms with Crippen molar-refractivity contribution in [2.75, 3.05) is 14.2 Å². The quantitative estimate of drug-likeness (QED) is 0.732. The van der Waals surface area contributed by atoms with Gasteiger partial charge in [-0.2, -0.15) is 13.2 Å². The van der Waals surface area contributed by atoms with E-state index in [9.17, 15) is 22.8 Å². The number of rotatable bonds is 7. The highest BCUT2D eigenvalue weighted by atomic mass is 19.4. The maximum atomic E-state index is 12.6. The van der Waals surface area contributed by atoms with Crippen LogP contribution in [0.15, 0.2) is 48.5 Å². The summed E-state index contributed by atoms with van der Waals surface area (Å²) in [7, 11) is 2.70. The SMILES string of the molecule is COC(=O)[C@@H](Cc1ccccc1OC)NC(=O)Cc1ccc(C(F)(F)F)cc1. The lowest BCUT2D eigenvalue weighted by molar-refractivity contribution is -0.145. The van der Waals surface area contributed by atoms with Crippen molar-refractivity contribution in [1.29, 1.82) is 0 Å². The number of halogens is 3. The molecule has 2 aromatic carbocycles. The molecule has 1 N–H and O–H groups in total. The average Bonchev–Trinajstić information content (AvgIpc) is 2.67. The Kier molecular flexibility index (Phi) is 7.03. The van der Waals surface area contributed by atoms with Crippen LogP contribution in [0.2, 0.25) is 0 Å². The summed E-state index contributed by atoms with van der Waals surface area (Å²) in [5, 5.41) is 2.57. The lowest BCUT2D eigenvalue weighted by atomic mass is 10.0. The van der Waals surface area contributed by atoms with Crippen molar-refractivity contribution in [2.24, 2.45) is 0 Å². The smallest absolute Gasteiger partial charge is 0.416 e. The lowest BCUT2D eigenvalue weighted by Crippen LogP contribution is -2.43. The van der Waals surface area contributed by atoms with Crippen LogP contribution in [0.5, 0.6) is 5.75 Å². The molecule has 28 heavy (non-hydrogen) atoms. The van der Waals surface area contributed by atoms with E-state index in [1.807, 2.05) is 0 Å². The van der Waals surface area contributed by atoms with Gasteiger partial charge in [-0.05, 0) is 29.3 Å². The zero-order valence-electron chi connectivity index (χ0n) is 15.4. The fraction of sp³-hybridized carbons (Fsp3) is 0.300. The Bertz CT molecular complexity index is 819. The van der Waals surface area contributed by atoms with Gasteiger partial charge in [-0.15, -0.1) is 0 Å². The third-order valence-electron chi connectivity index (χ3n) is 4.08. The second-order valence-corrected chi connectivity index (χ2v) is 6.03. The molecule has 1 amide bonds. The summed E-state index contributed by atoms with van der Waals surface area (Å²) in [6, 6.07) is 10.4. The molecule has 0 saturated carbocycles. The average molecular weight is 395 g/mol. The minimum atomic E-state index is -4.44. The molecule has 0 aromatic heterocycles. The van der Waals surface area contributed by atoms with Gasteiger partial charge in [-0.25, -0.2) is 4.79 Å². The summed E-state index contributed by atoms with van der Waals surface area (Å²) in [4.78, 5) is 24.4. The molecule has 8 heteroatoms. The van der Waals surface area contributed by atoms with E-state index in [1.54, 1.807) is 24.3 Å². The number of carbonyl (C=O) groups is 2. The van der Waals surface area contributed by atoms with Gasteiger partial charge in [0, 0.05) is 6.42 Å². The third-order valence-corrected chi connectivity index (χ3v) is 4.08. The molecule has 0 saturated heterocycles. The Morgan fingerprint density at radius 1 is 1.04 bits per heavy atom. The first-order valence-electron chi connectivity index (χ1n) is 8.39. The topological polar surface area (TPSA) is 64.6 Å². The van der Waals surface area contributed by atoms with Gasteiger partial charge >= 0.3 is 12.1 Å². The molecule has 0 spiro atoms. The third kappa shape index (κ3) is 5.73. The van der Waals surface area contributed by atoms with E-state index in [1.165, 1.54) is 26.4 Å². The van der Waals surface area contributed by atoms with Gasteiger partial charge in [0.05, 0.1) is 26.2 Å². The van der Waals surface area contributed by atoms with Gasteiger partial charge in [0.2, 0.25) is 5.91 Å². The summed E-state index contributed by atoms with van der Waals surface area (Å²) in [5.41, 5.74) is 0.307. The highest BCUT2D eigenvalue weighted by molar-refractivity contribution is 5.85. The van der Waals surface area contributed by atoms with E-state index in [-0.39, 0.29) is 12.8 Å². The molecule has 0 radical (unpaired) electrons. The van der Waals surface area contributed by atoms with Crippen LogP contribution < -0.4 is 10.1 Å². The lowest BCUT2D eigenvalue weighted by Gasteiger charge is -2.18. The number of alkyl halides is 3. The van der Waals surface area contributed by atoms with Gasteiger partial charge in [0.25, 0.3) is 0 Å². The summed E-state index contributed by atoms with van der Waals surface area (Å²) in [5.74, 6) is -0.579. The van der Waals surface area contributed by atoms with Crippen LogP contribution in [-0.4, -0.2) is 32.1 Å². The first-order chi connectivity index (χ1) is 13.2. The zero-order valence-corrected chi connectivity index (χ0v) is 15.4. The van der Waals surface area contributed by atoms with Crippen molar-refractivity contribution < 1.29 is 32.2 Å². The molecule has 2 rings (SSSR count). The summed E-state index contributed by atoms with van der Waals surface area (Å²) in [6.45, 7) is 0. The Morgan fingerprint density at radius 3 is 2.25 bits per heavy atom. The van der Waals surface area contributed by atoms with Gasteiger partial charge in [0.1, 0.15) is 11.8 Å². The number of hydrogen-bond acceptors (Lipinski definition) is 4. The number of hydrogen-bond donors (Lipinski definition) is 1. The van der Waals surface area contributed by atoms with Gasteiger partial charge in [0.15, 0.2) is 0 Å². The van der Waals surface area contributed by atoms with E-state index in [4.69, 9.17) is 9.47 Å². The number of para-hydroxylation sites is 1. The molecule has 0 aliphatic carbocycles. The van der Waals surface area contributed by atoms with Crippen molar-refractivity contribution in [3.05, 3.63) is 65.2 Å².